The Labute approximate surface area is 78.9 Å². The molecule has 1 aromatic rings. The third-order valence-electron chi connectivity index (χ3n) is 1.23. The summed E-state index contributed by atoms with van der Waals surface area (Å²) in [4.78, 5) is 0. The van der Waals surface area contributed by atoms with Gasteiger partial charge in [0.1, 0.15) is 5.82 Å². The maximum atomic E-state index is 12.6. The summed E-state index contributed by atoms with van der Waals surface area (Å²) in [6, 6.07) is 2.58. The van der Waals surface area contributed by atoms with Crippen LogP contribution < -0.4 is 0 Å². The van der Waals surface area contributed by atoms with Crippen molar-refractivity contribution in [2.45, 2.75) is 5.88 Å². The van der Waals surface area contributed by atoms with Crippen LogP contribution in [0.25, 0.3) is 0 Å². The second kappa shape index (κ2) is 3.61. The molecule has 0 atom stereocenters. The summed E-state index contributed by atoms with van der Waals surface area (Å²) in [6.45, 7) is 0. The van der Waals surface area contributed by atoms with Crippen molar-refractivity contribution in [3.63, 3.8) is 0 Å². The molecule has 0 amide bonds. The lowest BCUT2D eigenvalue weighted by atomic mass is 10.2. The zero-order valence-corrected chi connectivity index (χ0v) is 7.64. The van der Waals surface area contributed by atoms with Crippen LogP contribution in [-0.4, -0.2) is 0 Å². The Hall–Kier alpha value is 0.0200. The zero-order valence-electron chi connectivity index (χ0n) is 5.37. The van der Waals surface area contributed by atoms with Gasteiger partial charge < -0.3 is 0 Å². The molecule has 0 fully saturated rings. The van der Waals surface area contributed by atoms with Crippen molar-refractivity contribution in [2.75, 3.05) is 0 Å². The van der Waals surface area contributed by atoms with Gasteiger partial charge in [-0.25, -0.2) is 4.39 Å². The Kier molecular flexibility index (Phi) is 2.99. The van der Waals surface area contributed by atoms with Crippen molar-refractivity contribution in [1.82, 2.24) is 0 Å². The van der Waals surface area contributed by atoms with Gasteiger partial charge in [0.15, 0.2) is 0 Å². The van der Waals surface area contributed by atoms with E-state index in [0.717, 1.165) is 6.07 Å². The van der Waals surface area contributed by atoms with Gasteiger partial charge in [-0.05, 0) is 17.7 Å². The third kappa shape index (κ3) is 1.98. The first-order valence-electron chi connectivity index (χ1n) is 2.84. The fraction of sp³-hybridized carbons (Fsp3) is 0.143. The molecule has 0 aliphatic heterocycles. The smallest absolute Gasteiger partial charge is 0.143 e. The van der Waals surface area contributed by atoms with Crippen molar-refractivity contribution in [2.24, 2.45) is 0 Å². The van der Waals surface area contributed by atoms with Gasteiger partial charge in [-0.3, -0.25) is 0 Å². The van der Waals surface area contributed by atoms with E-state index in [4.69, 9.17) is 34.8 Å². The Bertz CT molecular complexity index is 273. The zero-order chi connectivity index (χ0) is 8.43. The summed E-state index contributed by atoms with van der Waals surface area (Å²) in [6.07, 6.45) is 0. The van der Waals surface area contributed by atoms with Crippen LogP contribution in [0.2, 0.25) is 10.0 Å². The highest BCUT2D eigenvalue weighted by Gasteiger charge is 2.05. The van der Waals surface area contributed by atoms with Crippen LogP contribution >= 0.6 is 34.8 Å². The molecule has 0 nitrogen and oxygen atoms in total. The summed E-state index contributed by atoms with van der Waals surface area (Å²) in [5, 5.41) is 0.354. The maximum Gasteiger partial charge on any atom is 0.143 e. The van der Waals surface area contributed by atoms with Gasteiger partial charge in [0.05, 0.1) is 5.02 Å². The van der Waals surface area contributed by atoms with Crippen LogP contribution in [0, 0.1) is 5.82 Å². The van der Waals surface area contributed by atoms with Gasteiger partial charge in [-0.1, -0.05) is 23.2 Å². The van der Waals surface area contributed by atoms with Crippen LogP contribution in [0.3, 0.4) is 0 Å². The average molecular weight is 213 g/mol. The molecule has 0 aliphatic rings. The minimum atomic E-state index is -0.523. The molecule has 60 valence electrons. The summed E-state index contributed by atoms with van der Waals surface area (Å²) >= 11 is 16.6. The molecule has 0 heterocycles. The van der Waals surface area contributed by atoms with Crippen molar-refractivity contribution >= 4 is 34.8 Å². The summed E-state index contributed by atoms with van der Waals surface area (Å²) < 4.78 is 12.6. The Morgan fingerprint density at radius 1 is 1.18 bits per heavy atom. The second-order valence-electron chi connectivity index (χ2n) is 1.99. The van der Waals surface area contributed by atoms with E-state index >= 15 is 0 Å². The van der Waals surface area contributed by atoms with Crippen LogP contribution in [0.15, 0.2) is 12.1 Å². The van der Waals surface area contributed by atoms with Crippen molar-refractivity contribution < 1.29 is 4.39 Å². The number of benzene rings is 1. The van der Waals surface area contributed by atoms with E-state index in [-0.39, 0.29) is 10.9 Å². The molecule has 4 heteroatoms. The van der Waals surface area contributed by atoms with E-state index in [0.29, 0.717) is 10.6 Å². The lowest BCUT2D eigenvalue weighted by Gasteiger charge is -2.00. The largest absolute Gasteiger partial charge is 0.205 e. The molecular weight excluding hydrogens is 209 g/mol. The highest BCUT2D eigenvalue weighted by molar-refractivity contribution is 6.34. The lowest BCUT2D eigenvalue weighted by molar-refractivity contribution is 0.628. The molecule has 0 bridgehead atoms. The van der Waals surface area contributed by atoms with E-state index < -0.39 is 5.82 Å². The van der Waals surface area contributed by atoms with E-state index in [9.17, 15) is 4.39 Å². The molecule has 0 saturated carbocycles. The van der Waals surface area contributed by atoms with Crippen molar-refractivity contribution in [1.29, 1.82) is 0 Å². The van der Waals surface area contributed by atoms with E-state index in [2.05, 4.69) is 0 Å². The van der Waals surface area contributed by atoms with Gasteiger partial charge in [0, 0.05) is 10.9 Å². The van der Waals surface area contributed by atoms with Gasteiger partial charge in [-0.15, -0.1) is 11.6 Å². The standard InChI is InChI=1S/C7H4Cl3F/c8-3-4-1-6(10)7(11)2-5(4)9/h1-2H,3H2. The minimum Gasteiger partial charge on any atom is -0.205 e. The molecule has 0 saturated heterocycles. The quantitative estimate of drug-likeness (QED) is 0.491. The normalized spacial score (nSPS) is 10.2. The van der Waals surface area contributed by atoms with Gasteiger partial charge >= 0.3 is 0 Å². The van der Waals surface area contributed by atoms with E-state index in [1.165, 1.54) is 6.07 Å². The van der Waals surface area contributed by atoms with Crippen molar-refractivity contribution in [3.8, 4) is 0 Å². The first-order valence-corrected chi connectivity index (χ1v) is 4.13. The predicted octanol–water partition coefficient (Wildman–Crippen LogP) is 3.87. The van der Waals surface area contributed by atoms with E-state index in [1.54, 1.807) is 0 Å². The highest BCUT2D eigenvalue weighted by atomic mass is 35.5. The summed E-state index contributed by atoms with van der Waals surface area (Å²) in [5.41, 5.74) is 0.639. The molecule has 0 N–H and O–H groups in total. The predicted molar refractivity (Wildman–Crippen MR) is 46.0 cm³/mol. The molecule has 0 unspecified atom stereocenters. The summed E-state index contributed by atoms with van der Waals surface area (Å²) in [7, 11) is 0. The molecule has 11 heavy (non-hydrogen) atoms. The SMILES string of the molecule is Fc1cc(Cl)c(CCl)cc1Cl. The van der Waals surface area contributed by atoms with Gasteiger partial charge in [0.2, 0.25) is 0 Å². The minimum absolute atomic E-state index is 0.0463. The number of hydrogen-bond donors (Lipinski definition) is 0. The second-order valence-corrected chi connectivity index (χ2v) is 3.07. The molecular formula is C7H4Cl3F. The lowest BCUT2D eigenvalue weighted by Crippen LogP contribution is -1.83. The topological polar surface area (TPSA) is 0 Å². The first kappa shape index (κ1) is 9.11. The summed E-state index contributed by atoms with van der Waals surface area (Å²) in [5.74, 6) is -0.288. The molecule has 0 radical (unpaired) electrons. The van der Waals surface area contributed by atoms with Crippen LogP contribution in [0.1, 0.15) is 5.56 Å². The third-order valence-corrected chi connectivity index (χ3v) is 2.16. The highest BCUT2D eigenvalue weighted by Crippen LogP contribution is 2.24. The van der Waals surface area contributed by atoms with E-state index in [1.807, 2.05) is 0 Å². The molecule has 0 aliphatic carbocycles. The van der Waals surface area contributed by atoms with Gasteiger partial charge in [0.25, 0.3) is 0 Å². The molecule has 0 spiro atoms. The molecule has 1 aromatic carbocycles. The van der Waals surface area contributed by atoms with Gasteiger partial charge in [-0.2, -0.15) is 0 Å². The monoisotopic (exact) mass is 212 g/mol. The van der Waals surface area contributed by atoms with Crippen LogP contribution in [-0.2, 0) is 5.88 Å². The number of alkyl halides is 1. The fourth-order valence-electron chi connectivity index (χ4n) is 0.666. The average Bonchev–Trinajstić information content (AvgIpc) is 1.97. The number of hydrogen-bond acceptors (Lipinski definition) is 0. The number of rotatable bonds is 1. The molecule has 1 rings (SSSR count). The van der Waals surface area contributed by atoms with Crippen molar-refractivity contribution in [3.05, 3.63) is 33.6 Å². The number of halogens is 4. The maximum absolute atomic E-state index is 12.6. The Morgan fingerprint density at radius 3 is 2.36 bits per heavy atom. The fourth-order valence-corrected chi connectivity index (χ4v) is 1.36. The molecule has 0 aromatic heterocycles. The van der Waals surface area contributed by atoms with Crippen LogP contribution in [0.5, 0.6) is 0 Å². The Balaban J connectivity index is 3.21. The first-order chi connectivity index (χ1) is 5.15. The van der Waals surface area contributed by atoms with Crippen LogP contribution in [0.4, 0.5) is 4.39 Å². The Morgan fingerprint density at radius 2 is 1.82 bits per heavy atom.